The molecule has 2 aliphatic heterocycles. The highest BCUT2D eigenvalue weighted by atomic mass is 16.5. The molecule has 0 aliphatic carbocycles. The number of rotatable bonds is 0. The van der Waals surface area contributed by atoms with E-state index in [-0.39, 0.29) is 11.4 Å². The van der Waals surface area contributed by atoms with Crippen LogP contribution in [0.5, 0.6) is 5.75 Å². The lowest BCUT2D eigenvalue weighted by Crippen LogP contribution is -2.44. The molecule has 2 heterocycles. The maximum atomic E-state index is 12.2. The Balaban J connectivity index is 2.09. The molecule has 1 saturated heterocycles. The fourth-order valence-corrected chi connectivity index (χ4v) is 2.90. The Hall–Kier alpha value is -1.35. The van der Waals surface area contributed by atoms with Crippen LogP contribution in [0.25, 0.3) is 0 Å². The minimum Gasteiger partial charge on any atom is -0.484 e. The minimum atomic E-state index is -0.288. The van der Waals surface area contributed by atoms with E-state index in [9.17, 15) is 4.79 Å². The van der Waals surface area contributed by atoms with E-state index < -0.39 is 0 Å². The normalized spacial score (nSPS) is 27.1. The Bertz CT molecular complexity index is 487. The highest BCUT2D eigenvalue weighted by Gasteiger charge is 2.43. The number of ether oxygens (including phenoxy) is 1. The molecule has 0 amide bonds. The molecule has 3 heteroatoms. The van der Waals surface area contributed by atoms with Crippen molar-refractivity contribution in [3.63, 3.8) is 0 Å². The number of carbonyl (C=O) groups is 1. The smallest absolute Gasteiger partial charge is 0.170 e. The molecule has 2 aliphatic rings. The third kappa shape index (κ3) is 1.65. The molecule has 90 valence electrons. The van der Waals surface area contributed by atoms with Crippen LogP contribution in [0.3, 0.4) is 0 Å². The fourth-order valence-electron chi connectivity index (χ4n) is 2.90. The van der Waals surface area contributed by atoms with Gasteiger partial charge < -0.3 is 10.1 Å². The first-order valence-electron chi connectivity index (χ1n) is 6.14. The van der Waals surface area contributed by atoms with Crippen molar-refractivity contribution in [2.75, 3.05) is 13.1 Å². The topological polar surface area (TPSA) is 38.3 Å². The van der Waals surface area contributed by atoms with Crippen molar-refractivity contribution in [3.8, 4) is 5.75 Å². The van der Waals surface area contributed by atoms with Crippen LogP contribution in [0, 0.1) is 13.8 Å². The Morgan fingerprint density at radius 2 is 2.18 bits per heavy atom. The zero-order chi connectivity index (χ0) is 12.0. The van der Waals surface area contributed by atoms with Gasteiger partial charge in [0.2, 0.25) is 0 Å². The number of Topliss-reactive ketones (excluding diaryl/α,β-unsaturated/α-hetero) is 1. The summed E-state index contributed by atoms with van der Waals surface area (Å²) < 4.78 is 6.15. The predicted octanol–water partition coefficient (Wildman–Crippen LogP) is 2.00. The minimum absolute atomic E-state index is 0.224. The van der Waals surface area contributed by atoms with Gasteiger partial charge in [-0.1, -0.05) is 6.07 Å². The maximum absolute atomic E-state index is 12.2. The van der Waals surface area contributed by atoms with Gasteiger partial charge in [-0.25, -0.2) is 0 Å². The van der Waals surface area contributed by atoms with Gasteiger partial charge >= 0.3 is 0 Å². The van der Waals surface area contributed by atoms with Gasteiger partial charge in [-0.05, 0) is 37.6 Å². The van der Waals surface area contributed by atoms with E-state index in [0.717, 1.165) is 42.0 Å². The lowest BCUT2D eigenvalue weighted by molar-refractivity contribution is 0.0523. The monoisotopic (exact) mass is 231 g/mol. The predicted molar refractivity (Wildman–Crippen MR) is 65.7 cm³/mol. The SMILES string of the molecule is Cc1cc(C)c2c(c1)C(=O)CC1(CCNC1)O2. The van der Waals surface area contributed by atoms with Crippen LogP contribution in [0.1, 0.15) is 34.3 Å². The van der Waals surface area contributed by atoms with Crippen molar-refractivity contribution in [1.29, 1.82) is 0 Å². The number of carbonyl (C=O) groups excluding carboxylic acids is 1. The molecule has 3 rings (SSSR count). The van der Waals surface area contributed by atoms with Crippen LogP contribution in [0.2, 0.25) is 0 Å². The summed E-state index contributed by atoms with van der Waals surface area (Å²) in [7, 11) is 0. The van der Waals surface area contributed by atoms with Gasteiger partial charge in [-0.3, -0.25) is 4.79 Å². The van der Waals surface area contributed by atoms with E-state index in [4.69, 9.17) is 4.74 Å². The lowest BCUT2D eigenvalue weighted by atomic mass is 9.87. The standard InChI is InChI=1S/C14H17NO2/c1-9-5-10(2)13-11(6-9)12(16)7-14(17-13)3-4-15-8-14/h5-6,15H,3-4,7-8H2,1-2H3. The summed E-state index contributed by atoms with van der Waals surface area (Å²) >= 11 is 0. The summed E-state index contributed by atoms with van der Waals surface area (Å²) in [6.07, 6.45) is 1.43. The van der Waals surface area contributed by atoms with Crippen molar-refractivity contribution in [3.05, 3.63) is 28.8 Å². The van der Waals surface area contributed by atoms with E-state index >= 15 is 0 Å². The van der Waals surface area contributed by atoms with Crippen LogP contribution in [0.4, 0.5) is 0 Å². The number of hydrogen-bond donors (Lipinski definition) is 1. The maximum Gasteiger partial charge on any atom is 0.170 e. The second-order valence-electron chi connectivity index (χ2n) is 5.27. The summed E-state index contributed by atoms with van der Waals surface area (Å²) in [4.78, 5) is 12.2. The van der Waals surface area contributed by atoms with Crippen LogP contribution in [0.15, 0.2) is 12.1 Å². The average molecular weight is 231 g/mol. The van der Waals surface area contributed by atoms with Crippen molar-refractivity contribution in [2.45, 2.75) is 32.3 Å². The summed E-state index contributed by atoms with van der Waals surface area (Å²) in [6.45, 7) is 5.75. The molecule has 1 unspecified atom stereocenters. The summed E-state index contributed by atoms with van der Waals surface area (Å²) in [5.41, 5.74) is 2.67. The molecule has 1 aromatic rings. The molecule has 1 aromatic carbocycles. The molecule has 3 nitrogen and oxygen atoms in total. The molecule has 17 heavy (non-hydrogen) atoms. The molecule has 1 N–H and O–H groups in total. The van der Waals surface area contributed by atoms with Gasteiger partial charge in [0.1, 0.15) is 11.4 Å². The first-order chi connectivity index (χ1) is 8.10. The summed E-state index contributed by atoms with van der Waals surface area (Å²) in [5, 5.41) is 3.29. The second-order valence-corrected chi connectivity index (χ2v) is 5.27. The quantitative estimate of drug-likeness (QED) is 0.742. The number of benzene rings is 1. The number of ketones is 1. The van der Waals surface area contributed by atoms with Crippen molar-refractivity contribution < 1.29 is 9.53 Å². The van der Waals surface area contributed by atoms with Gasteiger partial charge in [0.25, 0.3) is 0 Å². The van der Waals surface area contributed by atoms with Gasteiger partial charge in [0.15, 0.2) is 5.78 Å². The van der Waals surface area contributed by atoms with Crippen LogP contribution in [-0.4, -0.2) is 24.5 Å². The van der Waals surface area contributed by atoms with Gasteiger partial charge in [-0.2, -0.15) is 0 Å². The van der Waals surface area contributed by atoms with Gasteiger partial charge in [0, 0.05) is 13.0 Å². The Morgan fingerprint density at radius 3 is 2.88 bits per heavy atom. The van der Waals surface area contributed by atoms with Crippen LogP contribution < -0.4 is 10.1 Å². The molecule has 0 bridgehead atoms. The summed E-state index contributed by atoms with van der Waals surface area (Å²) in [6, 6.07) is 4.02. The molecule has 0 radical (unpaired) electrons. The van der Waals surface area contributed by atoms with Crippen molar-refractivity contribution in [2.24, 2.45) is 0 Å². The Labute approximate surface area is 101 Å². The first-order valence-corrected chi connectivity index (χ1v) is 6.14. The Kier molecular flexibility index (Phi) is 2.26. The molecule has 0 saturated carbocycles. The number of hydrogen-bond acceptors (Lipinski definition) is 3. The van der Waals surface area contributed by atoms with Gasteiger partial charge in [0.05, 0.1) is 12.0 Å². The summed E-state index contributed by atoms with van der Waals surface area (Å²) in [5.74, 6) is 1.03. The number of nitrogens with one attached hydrogen (secondary N) is 1. The molecule has 1 atom stereocenters. The zero-order valence-corrected chi connectivity index (χ0v) is 10.3. The van der Waals surface area contributed by atoms with Crippen molar-refractivity contribution >= 4 is 5.78 Å². The van der Waals surface area contributed by atoms with E-state index in [0.29, 0.717) is 6.42 Å². The molecule has 0 aromatic heterocycles. The molecule has 1 spiro atoms. The van der Waals surface area contributed by atoms with Gasteiger partial charge in [-0.15, -0.1) is 0 Å². The second kappa shape index (κ2) is 3.57. The average Bonchev–Trinajstić information content (AvgIpc) is 2.69. The van der Waals surface area contributed by atoms with E-state index in [2.05, 4.69) is 11.4 Å². The first kappa shape index (κ1) is 10.8. The third-order valence-corrected chi connectivity index (χ3v) is 3.73. The number of fused-ring (bicyclic) bond motifs is 1. The van der Waals surface area contributed by atoms with Crippen LogP contribution in [-0.2, 0) is 0 Å². The lowest BCUT2D eigenvalue weighted by Gasteiger charge is -2.35. The highest BCUT2D eigenvalue weighted by molar-refractivity contribution is 6.01. The zero-order valence-electron chi connectivity index (χ0n) is 10.3. The fraction of sp³-hybridized carbons (Fsp3) is 0.500. The highest BCUT2D eigenvalue weighted by Crippen LogP contribution is 2.39. The third-order valence-electron chi connectivity index (χ3n) is 3.73. The molecular weight excluding hydrogens is 214 g/mol. The Morgan fingerprint density at radius 1 is 1.35 bits per heavy atom. The molecular formula is C14H17NO2. The van der Waals surface area contributed by atoms with Crippen molar-refractivity contribution in [1.82, 2.24) is 5.32 Å². The largest absolute Gasteiger partial charge is 0.484 e. The number of aryl methyl sites for hydroxylation is 2. The van der Waals surface area contributed by atoms with Crippen LogP contribution >= 0.6 is 0 Å². The molecule has 1 fully saturated rings. The van der Waals surface area contributed by atoms with E-state index in [1.165, 1.54) is 0 Å². The van der Waals surface area contributed by atoms with E-state index in [1.807, 2.05) is 19.9 Å². The van der Waals surface area contributed by atoms with E-state index in [1.54, 1.807) is 0 Å².